The van der Waals surface area contributed by atoms with E-state index in [1.807, 2.05) is 36.4 Å². The molecule has 86 valence electrons. The molecule has 1 aromatic rings. The molecule has 1 atom stereocenters. The van der Waals surface area contributed by atoms with Crippen molar-refractivity contribution in [1.29, 1.82) is 0 Å². The van der Waals surface area contributed by atoms with Gasteiger partial charge in [-0.15, -0.1) is 0 Å². The lowest BCUT2D eigenvalue weighted by Crippen LogP contribution is -2.15. The molecule has 0 aromatic heterocycles. The Morgan fingerprint density at radius 3 is 2.53 bits per heavy atom. The number of carbonyl (C=O) groups is 2. The lowest BCUT2D eigenvalue weighted by Gasteiger charge is -2.14. The van der Waals surface area contributed by atoms with E-state index < -0.39 is 0 Å². The molecule has 0 amide bonds. The summed E-state index contributed by atoms with van der Waals surface area (Å²) in [5.74, 6) is -0.362. The molecular formula is C14H11BrO2. The highest BCUT2D eigenvalue weighted by molar-refractivity contribution is 9.18. The average molecular weight is 291 g/mol. The van der Waals surface area contributed by atoms with Crippen LogP contribution >= 0.6 is 15.9 Å². The highest BCUT2D eigenvalue weighted by atomic mass is 79.9. The molecule has 3 heteroatoms. The molecule has 0 saturated heterocycles. The Kier molecular flexibility index (Phi) is 3.69. The number of hydrogen-bond donors (Lipinski definition) is 0. The van der Waals surface area contributed by atoms with E-state index in [2.05, 4.69) is 15.9 Å². The van der Waals surface area contributed by atoms with Crippen molar-refractivity contribution in [1.82, 2.24) is 0 Å². The van der Waals surface area contributed by atoms with Crippen LogP contribution in [0.3, 0.4) is 0 Å². The van der Waals surface area contributed by atoms with E-state index >= 15 is 0 Å². The summed E-state index contributed by atoms with van der Waals surface area (Å²) >= 11 is 2.87. The summed E-state index contributed by atoms with van der Waals surface area (Å²) in [7, 11) is 0. The van der Waals surface area contributed by atoms with E-state index in [9.17, 15) is 9.59 Å². The van der Waals surface area contributed by atoms with Crippen LogP contribution in [0.4, 0.5) is 0 Å². The molecule has 0 bridgehead atoms. The van der Waals surface area contributed by atoms with Gasteiger partial charge < -0.3 is 0 Å². The van der Waals surface area contributed by atoms with Gasteiger partial charge in [-0.1, -0.05) is 42.5 Å². The first-order chi connectivity index (χ1) is 8.16. The van der Waals surface area contributed by atoms with Crippen LogP contribution in [-0.4, -0.2) is 10.5 Å². The largest absolute Gasteiger partial charge is 0.294 e. The number of allylic oxidation sites excluding steroid dienone is 4. The topological polar surface area (TPSA) is 34.1 Å². The van der Waals surface area contributed by atoms with Crippen LogP contribution in [0.15, 0.2) is 48.6 Å². The van der Waals surface area contributed by atoms with Gasteiger partial charge in [0.1, 0.15) is 0 Å². The minimum absolute atomic E-state index is 0.0162. The maximum Gasteiger partial charge on any atom is 0.198 e. The molecule has 1 aromatic carbocycles. The molecule has 0 fully saturated rings. The summed E-state index contributed by atoms with van der Waals surface area (Å²) in [5, 5.41) is 0. The summed E-state index contributed by atoms with van der Waals surface area (Å²) < 4.78 is -0.144. The molecule has 1 aliphatic carbocycles. The standard InChI is InChI=1S/C14H11BrO2/c15-14(17)9-12-8-11(6-7-13(12)16)10-4-2-1-3-5-10/h1-8,12H,9H2. The second kappa shape index (κ2) is 5.23. The van der Waals surface area contributed by atoms with Gasteiger partial charge in [0.05, 0.1) is 0 Å². The van der Waals surface area contributed by atoms with Crippen LogP contribution in [0, 0.1) is 5.92 Å². The number of hydrogen-bond acceptors (Lipinski definition) is 2. The third kappa shape index (κ3) is 3.01. The molecule has 0 saturated carbocycles. The van der Waals surface area contributed by atoms with Crippen LogP contribution in [0.25, 0.3) is 5.57 Å². The smallest absolute Gasteiger partial charge is 0.198 e. The Balaban J connectivity index is 2.27. The zero-order chi connectivity index (χ0) is 12.3. The minimum Gasteiger partial charge on any atom is -0.294 e. The molecule has 0 N–H and O–H groups in total. The van der Waals surface area contributed by atoms with Gasteiger partial charge in [-0.3, -0.25) is 9.59 Å². The molecule has 0 aliphatic heterocycles. The van der Waals surface area contributed by atoms with Crippen molar-refractivity contribution < 1.29 is 9.59 Å². The number of halogens is 1. The fraction of sp³-hybridized carbons (Fsp3) is 0.143. The van der Waals surface area contributed by atoms with Gasteiger partial charge in [0.15, 0.2) is 10.5 Å². The molecule has 2 rings (SSSR count). The fourth-order valence-electron chi connectivity index (χ4n) is 1.81. The molecule has 0 heterocycles. The van der Waals surface area contributed by atoms with Crippen LogP contribution in [0.5, 0.6) is 0 Å². The third-order valence-electron chi connectivity index (χ3n) is 2.66. The second-order valence-electron chi connectivity index (χ2n) is 3.89. The van der Waals surface area contributed by atoms with Crippen molar-refractivity contribution in [3.8, 4) is 0 Å². The number of benzene rings is 1. The minimum atomic E-state index is -0.345. The first-order valence-corrected chi connectivity index (χ1v) is 6.13. The monoisotopic (exact) mass is 290 g/mol. The fourth-order valence-corrected chi connectivity index (χ4v) is 2.15. The Bertz CT molecular complexity index is 500. The van der Waals surface area contributed by atoms with Crippen molar-refractivity contribution >= 4 is 32.0 Å². The first kappa shape index (κ1) is 12.0. The lowest BCUT2D eigenvalue weighted by molar-refractivity contribution is -0.120. The van der Waals surface area contributed by atoms with Gasteiger partial charge in [0, 0.05) is 12.3 Å². The van der Waals surface area contributed by atoms with E-state index in [1.54, 1.807) is 12.2 Å². The highest BCUT2D eigenvalue weighted by Gasteiger charge is 2.20. The van der Waals surface area contributed by atoms with E-state index in [4.69, 9.17) is 0 Å². The Morgan fingerprint density at radius 2 is 1.88 bits per heavy atom. The molecular weight excluding hydrogens is 280 g/mol. The van der Waals surface area contributed by atoms with Crippen LogP contribution in [0.2, 0.25) is 0 Å². The summed E-state index contributed by atoms with van der Waals surface area (Å²) in [4.78, 5) is 22.6. The van der Waals surface area contributed by atoms with Gasteiger partial charge in [-0.25, -0.2) is 0 Å². The van der Waals surface area contributed by atoms with Crippen LogP contribution < -0.4 is 0 Å². The third-order valence-corrected chi connectivity index (χ3v) is 2.98. The summed E-state index contributed by atoms with van der Waals surface area (Å²) in [6, 6.07) is 9.81. The summed E-state index contributed by atoms with van der Waals surface area (Å²) in [6.07, 6.45) is 5.41. The summed E-state index contributed by atoms with van der Waals surface area (Å²) in [6.45, 7) is 0. The second-order valence-corrected chi connectivity index (χ2v) is 4.77. The van der Waals surface area contributed by atoms with Crippen LogP contribution in [-0.2, 0) is 9.59 Å². The summed E-state index contributed by atoms with van der Waals surface area (Å²) in [5.41, 5.74) is 2.05. The van der Waals surface area contributed by atoms with Crippen LogP contribution in [0.1, 0.15) is 12.0 Å². The van der Waals surface area contributed by atoms with Crippen molar-refractivity contribution in [3.63, 3.8) is 0 Å². The molecule has 0 radical (unpaired) electrons. The normalized spacial score (nSPS) is 19.0. The predicted octanol–water partition coefficient (Wildman–Crippen LogP) is 3.14. The molecule has 0 spiro atoms. The highest BCUT2D eigenvalue weighted by Crippen LogP contribution is 2.25. The van der Waals surface area contributed by atoms with Crippen molar-refractivity contribution in [2.75, 3.05) is 0 Å². The van der Waals surface area contributed by atoms with Gasteiger partial charge in [-0.2, -0.15) is 0 Å². The number of rotatable bonds is 3. The Hall–Kier alpha value is -1.48. The van der Waals surface area contributed by atoms with E-state index in [0.717, 1.165) is 11.1 Å². The van der Waals surface area contributed by atoms with Gasteiger partial charge in [-0.05, 0) is 33.1 Å². The quantitative estimate of drug-likeness (QED) is 0.802. The molecule has 1 unspecified atom stereocenters. The van der Waals surface area contributed by atoms with Gasteiger partial charge in [0.25, 0.3) is 0 Å². The van der Waals surface area contributed by atoms with E-state index in [0.29, 0.717) is 0 Å². The van der Waals surface area contributed by atoms with Crippen molar-refractivity contribution in [2.24, 2.45) is 5.92 Å². The average Bonchev–Trinajstić information content (AvgIpc) is 2.32. The molecule has 17 heavy (non-hydrogen) atoms. The lowest BCUT2D eigenvalue weighted by atomic mass is 9.90. The van der Waals surface area contributed by atoms with Gasteiger partial charge >= 0.3 is 0 Å². The van der Waals surface area contributed by atoms with E-state index in [1.165, 1.54) is 0 Å². The predicted molar refractivity (Wildman–Crippen MR) is 70.6 cm³/mol. The molecule has 1 aliphatic rings. The molecule has 2 nitrogen and oxygen atoms in total. The van der Waals surface area contributed by atoms with Crippen molar-refractivity contribution in [2.45, 2.75) is 6.42 Å². The van der Waals surface area contributed by atoms with Gasteiger partial charge in [0.2, 0.25) is 0 Å². The Morgan fingerprint density at radius 1 is 1.18 bits per heavy atom. The Labute approximate surface area is 108 Å². The first-order valence-electron chi connectivity index (χ1n) is 5.34. The number of ketones is 1. The van der Waals surface area contributed by atoms with Crippen molar-refractivity contribution in [3.05, 3.63) is 54.1 Å². The zero-order valence-corrected chi connectivity index (χ0v) is 10.7. The maximum atomic E-state index is 11.6. The zero-order valence-electron chi connectivity index (χ0n) is 9.10. The SMILES string of the molecule is O=C(Br)CC1C=C(c2ccccc2)C=CC1=O. The number of carbonyl (C=O) groups excluding carboxylic acids is 2. The van der Waals surface area contributed by atoms with E-state index in [-0.39, 0.29) is 22.8 Å². The maximum absolute atomic E-state index is 11.6.